The molecular formula is C23H15BrN2Se. The van der Waals surface area contributed by atoms with Crippen LogP contribution in [0.15, 0.2) is 95.6 Å². The Morgan fingerprint density at radius 2 is 1.56 bits per heavy atom. The normalized spacial score (nSPS) is 11.3. The van der Waals surface area contributed by atoms with E-state index in [1.165, 1.54) is 25.4 Å². The zero-order chi connectivity index (χ0) is 18.2. The summed E-state index contributed by atoms with van der Waals surface area (Å²) in [6.45, 7) is 0. The molecule has 0 aliphatic carbocycles. The number of pyridine rings is 1. The third-order valence-corrected chi connectivity index (χ3v) is 7.38. The minimum absolute atomic E-state index is 0.147. The molecule has 130 valence electrons. The summed E-state index contributed by atoms with van der Waals surface area (Å²) < 4.78 is 5.95. The molecule has 0 amide bonds. The van der Waals surface area contributed by atoms with Crippen LogP contribution in [0.5, 0.6) is 0 Å². The number of benzene rings is 3. The van der Waals surface area contributed by atoms with E-state index in [1.54, 1.807) is 0 Å². The van der Waals surface area contributed by atoms with Gasteiger partial charge in [-0.3, -0.25) is 0 Å². The second-order valence-corrected chi connectivity index (χ2v) is 9.42. The van der Waals surface area contributed by atoms with Gasteiger partial charge >= 0.3 is 173 Å². The Labute approximate surface area is 172 Å². The van der Waals surface area contributed by atoms with Gasteiger partial charge in [0, 0.05) is 0 Å². The van der Waals surface area contributed by atoms with Gasteiger partial charge in [0.05, 0.1) is 0 Å². The molecule has 0 aliphatic rings. The molecule has 2 heterocycles. The topological polar surface area (TPSA) is 17.3 Å². The van der Waals surface area contributed by atoms with E-state index in [-0.39, 0.29) is 15.0 Å². The molecule has 0 unspecified atom stereocenters. The molecule has 5 rings (SSSR count). The van der Waals surface area contributed by atoms with Crippen LogP contribution in [0.2, 0.25) is 0 Å². The first kappa shape index (κ1) is 16.8. The summed E-state index contributed by atoms with van der Waals surface area (Å²) in [5.41, 5.74) is 3.28. The summed E-state index contributed by atoms with van der Waals surface area (Å²) in [6, 6.07) is 29.8. The van der Waals surface area contributed by atoms with Crippen molar-refractivity contribution in [3.63, 3.8) is 0 Å². The monoisotopic (exact) mass is 478 g/mol. The molecule has 3 aromatic carbocycles. The van der Waals surface area contributed by atoms with Crippen LogP contribution in [-0.2, 0) is 0 Å². The van der Waals surface area contributed by atoms with E-state index in [0.717, 1.165) is 15.8 Å². The van der Waals surface area contributed by atoms with Gasteiger partial charge in [0.15, 0.2) is 0 Å². The van der Waals surface area contributed by atoms with Gasteiger partial charge in [-0.1, -0.05) is 0 Å². The first-order valence-corrected chi connectivity index (χ1v) is 11.2. The molecule has 0 saturated heterocycles. The number of nitrogens with zero attached hydrogens (tertiary/aromatic N) is 2. The van der Waals surface area contributed by atoms with Crippen LogP contribution in [0.4, 0.5) is 0 Å². The molecular weight excluding hydrogens is 463 g/mol. The molecule has 5 aromatic rings. The molecule has 2 nitrogen and oxygen atoms in total. The average molecular weight is 478 g/mol. The predicted molar refractivity (Wildman–Crippen MR) is 117 cm³/mol. The third-order valence-electron chi connectivity index (χ3n) is 4.56. The SMILES string of the molecule is Brc1ccc([Se]c2c(-c3cccc4ccccc34)nc3ccccn23)cc1. The van der Waals surface area contributed by atoms with Crippen LogP contribution in [0.1, 0.15) is 0 Å². The summed E-state index contributed by atoms with van der Waals surface area (Å²) in [7, 11) is 0. The fourth-order valence-corrected chi connectivity index (χ4v) is 5.66. The maximum absolute atomic E-state index is 5.02. The fraction of sp³-hybridized carbons (Fsp3) is 0. The number of rotatable bonds is 3. The number of hydrogen-bond acceptors (Lipinski definition) is 1. The van der Waals surface area contributed by atoms with Crippen molar-refractivity contribution in [1.82, 2.24) is 9.38 Å². The van der Waals surface area contributed by atoms with Crippen molar-refractivity contribution >= 4 is 56.4 Å². The van der Waals surface area contributed by atoms with Crippen molar-refractivity contribution in [2.75, 3.05) is 0 Å². The molecule has 0 N–H and O–H groups in total. The molecule has 0 aliphatic heterocycles. The second-order valence-electron chi connectivity index (χ2n) is 6.28. The summed E-state index contributed by atoms with van der Waals surface area (Å²) in [4.78, 5) is 5.02. The molecule has 0 fully saturated rings. The summed E-state index contributed by atoms with van der Waals surface area (Å²) in [5.74, 6) is 0. The first-order chi connectivity index (χ1) is 13.3. The van der Waals surface area contributed by atoms with Crippen LogP contribution in [0, 0.1) is 0 Å². The Morgan fingerprint density at radius 1 is 0.778 bits per heavy atom. The maximum atomic E-state index is 5.02. The zero-order valence-corrected chi connectivity index (χ0v) is 17.6. The Kier molecular flexibility index (Phi) is 4.33. The molecule has 0 bridgehead atoms. The second kappa shape index (κ2) is 6.97. The van der Waals surface area contributed by atoms with Crippen molar-refractivity contribution in [1.29, 1.82) is 0 Å². The Bertz CT molecular complexity index is 1250. The van der Waals surface area contributed by atoms with Crippen LogP contribution in [0.3, 0.4) is 0 Å². The number of hydrogen-bond donors (Lipinski definition) is 0. The number of halogens is 1. The molecule has 0 atom stereocenters. The Hall–Kier alpha value is -2.39. The van der Waals surface area contributed by atoms with E-state index in [1.807, 2.05) is 6.07 Å². The van der Waals surface area contributed by atoms with Gasteiger partial charge in [0.25, 0.3) is 0 Å². The van der Waals surface area contributed by atoms with Crippen LogP contribution in [-0.4, -0.2) is 24.3 Å². The quantitative estimate of drug-likeness (QED) is 0.348. The van der Waals surface area contributed by atoms with Crippen LogP contribution < -0.4 is 9.05 Å². The van der Waals surface area contributed by atoms with Crippen molar-refractivity contribution in [2.45, 2.75) is 0 Å². The molecule has 4 heteroatoms. The van der Waals surface area contributed by atoms with E-state index in [4.69, 9.17) is 4.98 Å². The Morgan fingerprint density at radius 3 is 2.44 bits per heavy atom. The van der Waals surface area contributed by atoms with Gasteiger partial charge in [0.1, 0.15) is 0 Å². The van der Waals surface area contributed by atoms with Crippen LogP contribution >= 0.6 is 15.9 Å². The summed E-state index contributed by atoms with van der Waals surface area (Å²) in [5, 5.41) is 2.49. The van der Waals surface area contributed by atoms with Gasteiger partial charge in [-0.05, 0) is 0 Å². The van der Waals surface area contributed by atoms with E-state index in [2.05, 4.69) is 105 Å². The van der Waals surface area contributed by atoms with Gasteiger partial charge in [0.2, 0.25) is 0 Å². The zero-order valence-electron chi connectivity index (χ0n) is 14.3. The Balaban J connectivity index is 1.75. The summed E-state index contributed by atoms with van der Waals surface area (Å²) in [6.07, 6.45) is 2.12. The van der Waals surface area contributed by atoms with Crippen molar-refractivity contribution < 1.29 is 0 Å². The van der Waals surface area contributed by atoms with Gasteiger partial charge in [-0.25, -0.2) is 0 Å². The van der Waals surface area contributed by atoms with Crippen LogP contribution in [0.25, 0.3) is 27.7 Å². The number of aromatic nitrogens is 2. The molecule has 27 heavy (non-hydrogen) atoms. The molecule has 0 spiro atoms. The van der Waals surface area contributed by atoms with Gasteiger partial charge in [-0.2, -0.15) is 0 Å². The summed E-state index contributed by atoms with van der Waals surface area (Å²) >= 11 is 3.68. The van der Waals surface area contributed by atoms with E-state index in [9.17, 15) is 0 Å². The van der Waals surface area contributed by atoms with Gasteiger partial charge < -0.3 is 0 Å². The van der Waals surface area contributed by atoms with Gasteiger partial charge in [-0.15, -0.1) is 0 Å². The standard InChI is InChI=1S/C23H15BrN2Se/c24-17-11-13-18(14-12-17)27-23-22(25-21-10-3-4-15-26(21)23)20-9-5-7-16-6-1-2-8-19(16)20/h1-15H. The van der Waals surface area contributed by atoms with E-state index < -0.39 is 0 Å². The van der Waals surface area contributed by atoms with E-state index >= 15 is 0 Å². The van der Waals surface area contributed by atoms with Crippen molar-refractivity contribution in [3.8, 4) is 11.3 Å². The van der Waals surface area contributed by atoms with E-state index in [0.29, 0.717) is 0 Å². The van der Waals surface area contributed by atoms with Crippen molar-refractivity contribution in [2.24, 2.45) is 0 Å². The molecule has 2 aromatic heterocycles. The molecule has 0 radical (unpaired) electrons. The molecule has 0 saturated carbocycles. The number of imidazole rings is 1. The average Bonchev–Trinajstić information content (AvgIpc) is 3.07. The fourth-order valence-electron chi connectivity index (χ4n) is 3.29. The third kappa shape index (κ3) is 3.10. The predicted octanol–water partition coefficient (Wildman–Crippen LogP) is 4.57. The van der Waals surface area contributed by atoms with Crippen molar-refractivity contribution in [3.05, 3.63) is 95.6 Å². The first-order valence-electron chi connectivity index (χ1n) is 8.68. The minimum atomic E-state index is 0.147. The number of fused-ring (bicyclic) bond motifs is 2.